The van der Waals surface area contributed by atoms with Crippen LogP contribution in [0.25, 0.3) is 0 Å². The van der Waals surface area contributed by atoms with Crippen LogP contribution in [0.4, 0.5) is 0 Å². The molecule has 1 amide bonds. The van der Waals surface area contributed by atoms with Gasteiger partial charge in [0, 0.05) is 13.0 Å². The molecule has 2 rings (SSSR count). The lowest BCUT2D eigenvalue weighted by molar-refractivity contribution is -0.129. The first-order valence-electron chi connectivity index (χ1n) is 6.64. The maximum atomic E-state index is 12.2. The minimum Gasteiger partial charge on any atom is -0.423 e. The molecule has 0 aliphatic rings. The van der Waals surface area contributed by atoms with Crippen LogP contribution in [0.15, 0.2) is 8.76 Å². The van der Waals surface area contributed by atoms with Crippen molar-refractivity contribution in [2.45, 2.75) is 38.1 Å². The zero-order chi connectivity index (χ0) is 15.2. The van der Waals surface area contributed by atoms with E-state index < -0.39 is 0 Å². The first kappa shape index (κ1) is 15.9. The van der Waals surface area contributed by atoms with Crippen LogP contribution in [0.1, 0.15) is 30.6 Å². The van der Waals surface area contributed by atoms with Gasteiger partial charge in [-0.05, 0) is 13.8 Å². The summed E-state index contributed by atoms with van der Waals surface area (Å²) in [5.41, 5.74) is 0. The Bertz CT molecular complexity index is 598. The molecule has 0 bridgehead atoms. The number of thioether (sulfide) groups is 1. The molecule has 0 spiro atoms. The zero-order valence-corrected chi connectivity index (χ0v) is 13.8. The molecule has 0 saturated heterocycles. The number of hydrogen-bond acceptors (Lipinski definition) is 8. The third kappa shape index (κ3) is 4.50. The Morgan fingerprint density at radius 1 is 1.24 bits per heavy atom. The van der Waals surface area contributed by atoms with E-state index in [4.69, 9.17) is 4.42 Å². The van der Waals surface area contributed by atoms with Crippen molar-refractivity contribution in [3.8, 4) is 0 Å². The van der Waals surface area contributed by atoms with Gasteiger partial charge in [0.15, 0.2) is 4.34 Å². The van der Waals surface area contributed by atoms with Crippen molar-refractivity contribution >= 4 is 29.0 Å². The molecule has 9 heteroatoms. The van der Waals surface area contributed by atoms with E-state index in [0.29, 0.717) is 37.0 Å². The van der Waals surface area contributed by atoms with E-state index in [2.05, 4.69) is 20.4 Å². The SMILES string of the molecule is CCc1nnc(CN(CC)C(=O)CSc2nnc(C)s2)o1. The van der Waals surface area contributed by atoms with Gasteiger partial charge >= 0.3 is 0 Å². The summed E-state index contributed by atoms with van der Waals surface area (Å²) in [4.78, 5) is 13.9. The molecule has 0 N–H and O–H groups in total. The molecule has 0 aliphatic heterocycles. The molecule has 0 atom stereocenters. The van der Waals surface area contributed by atoms with Crippen LogP contribution in [0.2, 0.25) is 0 Å². The highest BCUT2D eigenvalue weighted by atomic mass is 32.2. The molecule has 2 aromatic rings. The van der Waals surface area contributed by atoms with E-state index in [1.54, 1.807) is 4.90 Å². The van der Waals surface area contributed by atoms with Crippen molar-refractivity contribution in [1.29, 1.82) is 0 Å². The van der Waals surface area contributed by atoms with Gasteiger partial charge in [-0.15, -0.1) is 20.4 Å². The van der Waals surface area contributed by atoms with E-state index in [1.165, 1.54) is 23.1 Å². The summed E-state index contributed by atoms with van der Waals surface area (Å²) >= 11 is 2.89. The number of amides is 1. The minimum absolute atomic E-state index is 0.0200. The van der Waals surface area contributed by atoms with Gasteiger partial charge in [-0.1, -0.05) is 30.0 Å². The van der Waals surface area contributed by atoms with Crippen molar-refractivity contribution in [3.63, 3.8) is 0 Å². The molecule has 0 fully saturated rings. The Kier molecular flexibility index (Phi) is 5.68. The highest BCUT2D eigenvalue weighted by Crippen LogP contribution is 2.22. The number of aromatic nitrogens is 4. The van der Waals surface area contributed by atoms with E-state index in [9.17, 15) is 4.79 Å². The summed E-state index contributed by atoms with van der Waals surface area (Å²) in [5.74, 6) is 1.41. The average molecular weight is 327 g/mol. The van der Waals surface area contributed by atoms with E-state index in [-0.39, 0.29) is 5.91 Å². The van der Waals surface area contributed by atoms with Crippen molar-refractivity contribution < 1.29 is 9.21 Å². The summed E-state index contributed by atoms with van der Waals surface area (Å²) < 4.78 is 6.25. The Hall–Kier alpha value is -1.48. The first-order chi connectivity index (χ1) is 10.1. The smallest absolute Gasteiger partial charge is 0.235 e. The lowest BCUT2D eigenvalue weighted by atomic mass is 10.4. The first-order valence-corrected chi connectivity index (χ1v) is 8.44. The standard InChI is InChI=1S/C12H17N5O2S2/c1-4-9-14-15-10(19-9)6-17(5-2)11(18)7-20-12-16-13-8(3)21-12/h4-7H2,1-3H3. The van der Waals surface area contributed by atoms with E-state index >= 15 is 0 Å². The molecular formula is C12H17N5O2S2. The van der Waals surface area contributed by atoms with Gasteiger partial charge in [0.2, 0.25) is 17.7 Å². The van der Waals surface area contributed by atoms with Crippen LogP contribution < -0.4 is 0 Å². The van der Waals surface area contributed by atoms with Gasteiger partial charge in [0.25, 0.3) is 0 Å². The fourth-order valence-electron chi connectivity index (χ4n) is 1.59. The highest BCUT2D eigenvalue weighted by molar-refractivity contribution is 8.01. The van der Waals surface area contributed by atoms with Crippen LogP contribution in [-0.2, 0) is 17.8 Å². The quantitative estimate of drug-likeness (QED) is 0.718. The third-order valence-electron chi connectivity index (χ3n) is 2.70. The molecule has 114 valence electrons. The van der Waals surface area contributed by atoms with E-state index in [0.717, 1.165) is 9.35 Å². The zero-order valence-electron chi connectivity index (χ0n) is 12.2. The molecule has 0 radical (unpaired) electrons. The number of nitrogens with zero attached hydrogens (tertiary/aromatic N) is 5. The number of hydrogen-bond donors (Lipinski definition) is 0. The van der Waals surface area contributed by atoms with Crippen LogP contribution in [0.5, 0.6) is 0 Å². The van der Waals surface area contributed by atoms with Crippen LogP contribution >= 0.6 is 23.1 Å². The lowest BCUT2D eigenvalue weighted by Crippen LogP contribution is -2.31. The van der Waals surface area contributed by atoms with Gasteiger partial charge in [-0.3, -0.25) is 4.79 Å². The normalized spacial score (nSPS) is 10.8. The van der Waals surface area contributed by atoms with Crippen LogP contribution in [0.3, 0.4) is 0 Å². The highest BCUT2D eigenvalue weighted by Gasteiger charge is 2.16. The maximum absolute atomic E-state index is 12.2. The Labute approximate surface area is 131 Å². The van der Waals surface area contributed by atoms with Crippen molar-refractivity contribution in [1.82, 2.24) is 25.3 Å². The van der Waals surface area contributed by atoms with Gasteiger partial charge in [-0.2, -0.15) is 0 Å². The third-order valence-corrected chi connectivity index (χ3v) is 4.66. The fraction of sp³-hybridized carbons (Fsp3) is 0.583. The van der Waals surface area contributed by atoms with E-state index in [1.807, 2.05) is 20.8 Å². The van der Waals surface area contributed by atoms with Gasteiger partial charge in [0.1, 0.15) is 5.01 Å². The summed E-state index contributed by atoms with van der Waals surface area (Å²) in [6.07, 6.45) is 0.694. The lowest BCUT2D eigenvalue weighted by Gasteiger charge is -2.18. The molecule has 2 heterocycles. The average Bonchev–Trinajstić information content (AvgIpc) is 3.10. The molecule has 0 aliphatic carbocycles. The minimum atomic E-state index is 0.0200. The number of aryl methyl sites for hydroxylation is 2. The van der Waals surface area contributed by atoms with Gasteiger partial charge in [0.05, 0.1) is 12.3 Å². The van der Waals surface area contributed by atoms with Gasteiger partial charge in [-0.25, -0.2) is 0 Å². The summed E-state index contributed by atoms with van der Waals surface area (Å²) in [6, 6.07) is 0. The predicted molar refractivity (Wildman–Crippen MR) is 80.1 cm³/mol. The largest absolute Gasteiger partial charge is 0.423 e. The maximum Gasteiger partial charge on any atom is 0.235 e. The van der Waals surface area contributed by atoms with Crippen LogP contribution in [0, 0.1) is 6.92 Å². The number of carbonyl (C=O) groups excluding carboxylic acids is 1. The number of rotatable bonds is 7. The summed E-state index contributed by atoms with van der Waals surface area (Å²) in [6.45, 7) is 6.70. The topological polar surface area (TPSA) is 85.0 Å². The Morgan fingerprint density at radius 3 is 2.57 bits per heavy atom. The van der Waals surface area contributed by atoms with Crippen molar-refractivity contribution in [2.24, 2.45) is 0 Å². The monoisotopic (exact) mass is 327 g/mol. The molecule has 7 nitrogen and oxygen atoms in total. The van der Waals surface area contributed by atoms with Crippen molar-refractivity contribution in [3.05, 3.63) is 16.8 Å². The predicted octanol–water partition coefficient (Wildman–Crippen LogP) is 1.93. The summed E-state index contributed by atoms with van der Waals surface area (Å²) in [7, 11) is 0. The Balaban J connectivity index is 1.88. The second-order valence-corrected chi connectivity index (χ2v) is 6.63. The molecule has 2 aromatic heterocycles. The van der Waals surface area contributed by atoms with Gasteiger partial charge < -0.3 is 9.32 Å². The second-order valence-electron chi connectivity index (χ2n) is 4.23. The fourth-order valence-corrected chi connectivity index (χ4v) is 3.30. The van der Waals surface area contributed by atoms with Crippen molar-refractivity contribution in [2.75, 3.05) is 12.3 Å². The molecule has 21 heavy (non-hydrogen) atoms. The molecule has 0 saturated carbocycles. The molecule has 0 aromatic carbocycles. The van der Waals surface area contributed by atoms with Crippen LogP contribution in [-0.4, -0.2) is 43.5 Å². The second kappa shape index (κ2) is 7.51. The summed E-state index contributed by atoms with van der Waals surface area (Å²) in [5, 5.41) is 16.7. The Morgan fingerprint density at radius 2 is 2.00 bits per heavy atom. The molecular weight excluding hydrogens is 310 g/mol. The number of carbonyl (C=O) groups is 1. The molecule has 0 unspecified atom stereocenters.